The third-order valence-electron chi connectivity index (χ3n) is 3.90. The van der Waals surface area contributed by atoms with Crippen LogP contribution < -0.4 is 5.32 Å². The number of aromatic nitrogens is 3. The highest BCUT2D eigenvalue weighted by atomic mass is 16.3. The minimum Gasteiger partial charge on any atom is -0.441 e. The molecule has 0 bridgehead atoms. The SMILES string of the molecule is CCc1nc2cc(NC(=O)[C@@H](c3cncn3C)N(C)C)ccc2o1. The lowest BCUT2D eigenvalue weighted by Crippen LogP contribution is -2.33. The molecule has 0 aliphatic rings. The predicted octanol–water partition coefficient (Wildman–Crippen LogP) is 2.37. The molecule has 1 atom stereocenters. The molecule has 1 amide bonds. The van der Waals surface area contributed by atoms with Gasteiger partial charge in [-0.15, -0.1) is 0 Å². The van der Waals surface area contributed by atoms with Crippen LogP contribution in [0.1, 0.15) is 24.6 Å². The first-order valence-corrected chi connectivity index (χ1v) is 7.82. The number of nitrogens with zero attached hydrogens (tertiary/aromatic N) is 4. The highest BCUT2D eigenvalue weighted by Gasteiger charge is 2.25. The number of carbonyl (C=O) groups excluding carboxylic acids is 1. The van der Waals surface area contributed by atoms with Crippen LogP contribution >= 0.6 is 0 Å². The number of amides is 1. The Morgan fingerprint density at radius 3 is 2.83 bits per heavy atom. The number of oxazole rings is 1. The number of nitrogens with one attached hydrogen (secondary N) is 1. The fourth-order valence-corrected chi connectivity index (χ4v) is 2.68. The van der Waals surface area contributed by atoms with Crippen LogP contribution in [-0.2, 0) is 18.3 Å². The van der Waals surface area contributed by atoms with E-state index in [-0.39, 0.29) is 5.91 Å². The molecule has 1 aromatic carbocycles. The monoisotopic (exact) mass is 327 g/mol. The van der Waals surface area contributed by atoms with Crippen molar-refractivity contribution in [2.45, 2.75) is 19.4 Å². The molecule has 7 heteroatoms. The normalized spacial score (nSPS) is 12.7. The maximum atomic E-state index is 12.8. The van der Waals surface area contributed by atoms with Gasteiger partial charge in [0.25, 0.3) is 0 Å². The molecule has 3 rings (SSSR count). The number of anilines is 1. The first-order valence-electron chi connectivity index (χ1n) is 7.82. The summed E-state index contributed by atoms with van der Waals surface area (Å²) in [4.78, 5) is 23.1. The van der Waals surface area contributed by atoms with Gasteiger partial charge in [0.05, 0.1) is 18.2 Å². The summed E-state index contributed by atoms with van der Waals surface area (Å²) in [7, 11) is 5.61. The Bertz CT molecular complexity index is 865. The Balaban J connectivity index is 1.86. The van der Waals surface area contributed by atoms with E-state index in [1.807, 2.05) is 55.7 Å². The van der Waals surface area contributed by atoms with Gasteiger partial charge in [-0.05, 0) is 32.3 Å². The number of carbonyl (C=O) groups is 1. The molecule has 0 unspecified atom stereocenters. The lowest BCUT2D eigenvalue weighted by molar-refractivity contribution is -0.120. The van der Waals surface area contributed by atoms with Gasteiger partial charge >= 0.3 is 0 Å². The van der Waals surface area contributed by atoms with Crippen molar-refractivity contribution in [1.29, 1.82) is 0 Å². The average Bonchev–Trinajstić information content (AvgIpc) is 3.13. The molecule has 24 heavy (non-hydrogen) atoms. The van der Waals surface area contributed by atoms with Gasteiger partial charge in [-0.1, -0.05) is 6.92 Å². The maximum absolute atomic E-state index is 12.8. The highest BCUT2D eigenvalue weighted by Crippen LogP contribution is 2.23. The second-order valence-electron chi connectivity index (χ2n) is 5.93. The van der Waals surface area contributed by atoms with Crippen LogP contribution in [0, 0.1) is 0 Å². The van der Waals surface area contributed by atoms with Crippen molar-refractivity contribution in [2.75, 3.05) is 19.4 Å². The van der Waals surface area contributed by atoms with Crippen molar-refractivity contribution in [3.8, 4) is 0 Å². The van der Waals surface area contributed by atoms with E-state index in [1.165, 1.54) is 0 Å². The van der Waals surface area contributed by atoms with Crippen LogP contribution in [0.5, 0.6) is 0 Å². The zero-order chi connectivity index (χ0) is 17.3. The van der Waals surface area contributed by atoms with Crippen LogP contribution in [0.4, 0.5) is 5.69 Å². The number of imidazole rings is 1. The van der Waals surface area contributed by atoms with E-state index >= 15 is 0 Å². The largest absolute Gasteiger partial charge is 0.441 e. The lowest BCUT2D eigenvalue weighted by Gasteiger charge is -2.23. The Morgan fingerprint density at radius 2 is 2.21 bits per heavy atom. The Morgan fingerprint density at radius 1 is 1.42 bits per heavy atom. The standard InChI is InChI=1S/C17H21N5O2/c1-5-15-20-12-8-11(6-7-14(12)24-15)19-17(23)16(21(2)3)13-9-18-10-22(13)4/h6-10,16H,5H2,1-4H3,(H,19,23)/t16-/m1/s1. The zero-order valence-electron chi connectivity index (χ0n) is 14.3. The third-order valence-corrected chi connectivity index (χ3v) is 3.90. The number of fused-ring (bicyclic) bond motifs is 1. The van der Waals surface area contributed by atoms with Crippen LogP contribution in [-0.4, -0.2) is 39.4 Å². The van der Waals surface area contributed by atoms with Crippen molar-refractivity contribution >= 4 is 22.7 Å². The molecule has 3 aromatic rings. The molecule has 0 radical (unpaired) electrons. The summed E-state index contributed by atoms with van der Waals surface area (Å²) in [5, 5.41) is 2.95. The minimum absolute atomic E-state index is 0.123. The molecular formula is C17H21N5O2. The number of likely N-dealkylation sites (N-methyl/N-ethyl adjacent to an activating group) is 1. The van der Waals surface area contributed by atoms with Gasteiger partial charge in [-0.2, -0.15) is 0 Å². The van der Waals surface area contributed by atoms with Gasteiger partial charge in [-0.25, -0.2) is 9.97 Å². The van der Waals surface area contributed by atoms with Crippen LogP contribution in [0.2, 0.25) is 0 Å². The molecular weight excluding hydrogens is 306 g/mol. The van der Waals surface area contributed by atoms with E-state index < -0.39 is 6.04 Å². The molecule has 7 nitrogen and oxygen atoms in total. The van der Waals surface area contributed by atoms with Crippen molar-refractivity contribution in [1.82, 2.24) is 19.4 Å². The first-order chi connectivity index (χ1) is 11.5. The van der Waals surface area contributed by atoms with E-state index in [2.05, 4.69) is 15.3 Å². The molecule has 126 valence electrons. The van der Waals surface area contributed by atoms with Crippen LogP contribution in [0.25, 0.3) is 11.1 Å². The second kappa shape index (κ2) is 6.45. The van der Waals surface area contributed by atoms with Crippen LogP contribution in [0.3, 0.4) is 0 Å². The average molecular weight is 327 g/mol. The maximum Gasteiger partial charge on any atom is 0.247 e. The van der Waals surface area contributed by atoms with Crippen molar-refractivity contribution in [2.24, 2.45) is 7.05 Å². The molecule has 0 saturated carbocycles. The van der Waals surface area contributed by atoms with Crippen molar-refractivity contribution in [3.63, 3.8) is 0 Å². The first kappa shape index (κ1) is 16.2. The second-order valence-corrected chi connectivity index (χ2v) is 5.93. The number of aryl methyl sites for hydroxylation is 2. The summed E-state index contributed by atoms with van der Waals surface area (Å²) in [6.07, 6.45) is 4.13. The minimum atomic E-state index is -0.434. The Labute approximate surface area is 140 Å². The smallest absolute Gasteiger partial charge is 0.247 e. The molecule has 1 N–H and O–H groups in total. The Kier molecular flexibility index (Phi) is 4.35. The number of hydrogen-bond donors (Lipinski definition) is 1. The molecule has 0 aliphatic carbocycles. The van der Waals surface area contributed by atoms with Gasteiger partial charge in [0.2, 0.25) is 5.91 Å². The summed E-state index contributed by atoms with van der Waals surface area (Å²) in [6.45, 7) is 1.99. The predicted molar refractivity (Wildman–Crippen MR) is 91.7 cm³/mol. The van der Waals surface area contributed by atoms with Crippen molar-refractivity contribution < 1.29 is 9.21 Å². The number of hydrogen-bond acceptors (Lipinski definition) is 5. The van der Waals surface area contributed by atoms with Gasteiger partial charge < -0.3 is 14.3 Å². The fraction of sp³-hybridized carbons (Fsp3) is 0.353. The highest BCUT2D eigenvalue weighted by molar-refractivity contribution is 5.96. The summed E-state index contributed by atoms with van der Waals surface area (Å²) >= 11 is 0. The molecule has 2 heterocycles. The number of rotatable bonds is 5. The molecule has 0 aliphatic heterocycles. The molecule has 0 fully saturated rings. The van der Waals surface area contributed by atoms with E-state index in [0.717, 1.165) is 23.2 Å². The van der Waals surface area contributed by atoms with Crippen molar-refractivity contribution in [3.05, 3.63) is 42.3 Å². The molecule has 0 saturated heterocycles. The van der Waals surface area contributed by atoms with Gasteiger partial charge in [0.1, 0.15) is 11.6 Å². The summed E-state index contributed by atoms with van der Waals surface area (Å²) in [5.41, 5.74) is 2.98. The van der Waals surface area contributed by atoms with E-state index in [9.17, 15) is 4.79 Å². The molecule has 2 aromatic heterocycles. The summed E-state index contributed by atoms with van der Waals surface area (Å²) in [5.74, 6) is 0.566. The Hall–Kier alpha value is -2.67. The van der Waals surface area contributed by atoms with E-state index in [4.69, 9.17) is 4.42 Å². The van der Waals surface area contributed by atoms with Gasteiger partial charge in [-0.3, -0.25) is 9.69 Å². The number of benzene rings is 1. The van der Waals surface area contributed by atoms with Crippen LogP contribution in [0.15, 0.2) is 35.1 Å². The van der Waals surface area contributed by atoms with Gasteiger partial charge in [0.15, 0.2) is 11.5 Å². The van der Waals surface area contributed by atoms with E-state index in [1.54, 1.807) is 12.5 Å². The van der Waals surface area contributed by atoms with Gasteiger partial charge in [0, 0.05) is 19.2 Å². The summed E-state index contributed by atoms with van der Waals surface area (Å²) < 4.78 is 7.44. The zero-order valence-corrected chi connectivity index (χ0v) is 14.3. The fourth-order valence-electron chi connectivity index (χ4n) is 2.68. The quantitative estimate of drug-likeness (QED) is 0.778. The topological polar surface area (TPSA) is 76.2 Å². The summed E-state index contributed by atoms with van der Waals surface area (Å²) in [6, 6.07) is 5.04. The third kappa shape index (κ3) is 3.03. The van der Waals surface area contributed by atoms with E-state index in [0.29, 0.717) is 11.6 Å². The lowest BCUT2D eigenvalue weighted by atomic mass is 10.1. The molecule has 0 spiro atoms.